The standard InChI is InChI=1S/C14H19IN2O/c15-12-8-4-5-9-13(12)17-14(18)16-10-11-6-2-1-3-7-11/h1-3,6-7,12-13H,4-5,8-10H2,(H2,16,17,18)/t12-,13-/m0/s1. The van der Waals surface area contributed by atoms with Gasteiger partial charge < -0.3 is 10.6 Å². The van der Waals surface area contributed by atoms with Gasteiger partial charge in [0.15, 0.2) is 0 Å². The van der Waals surface area contributed by atoms with E-state index in [0.29, 0.717) is 16.5 Å². The lowest BCUT2D eigenvalue weighted by atomic mass is 9.95. The maximum atomic E-state index is 11.8. The molecular formula is C14H19IN2O. The molecule has 0 aromatic heterocycles. The summed E-state index contributed by atoms with van der Waals surface area (Å²) < 4.78 is 0.568. The van der Waals surface area contributed by atoms with Crippen LogP contribution in [0.1, 0.15) is 31.2 Å². The number of hydrogen-bond acceptors (Lipinski definition) is 1. The van der Waals surface area contributed by atoms with Gasteiger partial charge >= 0.3 is 6.03 Å². The van der Waals surface area contributed by atoms with E-state index in [1.807, 2.05) is 30.3 Å². The molecule has 0 unspecified atom stereocenters. The van der Waals surface area contributed by atoms with E-state index in [9.17, 15) is 4.79 Å². The maximum Gasteiger partial charge on any atom is 0.315 e. The van der Waals surface area contributed by atoms with E-state index in [0.717, 1.165) is 12.0 Å². The monoisotopic (exact) mass is 358 g/mol. The summed E-state index contributed by atoms with van der Waals surface area (Å²) in [5.74, 6) is 0. The molecule has 2 atom stereocenters. The molecule has 1 saturated carbocycles. The maximum absolute atomic E-state index is 11.8. The van der Waals surface area contributed by atoms with Crippen LogP contribution in [0, 0.1) is 0 Å². The number of halogens is 1. The molecule has 1 aromatic carbocycles. The van der Waals surface area contributed by atoms with Crippen molar-refractivity contribution in [1.82, 2.24) is 10.6 Å². The molecule has 0 saturated heterocycles. The Balaban J connectivity index is 1.75. The Hall–Kier alpha value is -0.780. The van der Waals surface area contributed by atoms with Gasteiger partial charge in [-0.15, -0.1) is 0 Å². The second kappa shape index (κ2) is 6.97. The molecule has 0 bridgehead atoms. The number of nitrogens with one attached hydrogen (secondary N) is 2. The first-order valence-corrected chi connectivity index (χ1v) is 7.72. The van der Waals surface area contributed by atoms with Gasteiger partial charge in [-0.1, -0.05) is 65.8 Å². The van der Waals surface area contributed by atoms with Crippen LogP contribution in [0.4, 0.5) is 4.79 Å². The minimum Gasteiger partial charge on any atom is -0.334 e. The summed E-state index contributed by atoms with van der Waals surface area (Å²) in [5, 5.41) is 5.99. The van der Waals surface area contributed by atoms with E-state index in [-0.39, 0.29) is 6.03 Å². The van der Waals surface area contributed by atoms with Gasteiger partial charge in [-0.25, -0.2) is 4.79 Å². The zero-order chi connectivity index (χ0) is 12.8. The van der Waals surface area contributed by atoms with E-state index in [4.69, 9.17) is 0 Å². The molecule has 2 amide bonds. The topological polar surface area (TPSA) is 41.1 Å². The normalized spacial score (nSPS) is 23.4. The Kier molecular flexibility index (Phi) is 5.28. The van der Waals surface area contributed by atoms with Crippen molar-refractivity contribution in [3.63, 3.8) is 0 Å². The van der Waals surface area contributed by atoms with Crippen LogP contribution in [0.2, 0.25) is 0 Å². The number of carbonyl (C=O) groups is 1. The number of carbonyl (C=O) groups excluding carboxylic acids is 1. The van der Waals surface area contributed by atoms with Crippen molar-refractivity contribution >= 4 is 28.6 Å². The minimum atomic E-state index is -0.0487. The molecule has 2 rings (SSSR count). The van der Waals surface area contributed by atoms with Crippen LogP contribution in [0.5, 0.6) is 0 Å². The van der Waals surface area contributed by atoms with Crippen molar-refractivity contribution in [2.75, 3.05) is 0 Å². The average Bonchev–Trinajstić information content (AvgIpc) is 2.40. The van der Waals surface area contributed by atoms with Gasteiger partial charge in [-0.3, -0.25) is 0 Å². The van der Waals surface area contributed by atoms with Crippen molar-refractivity contribution in [1.29, 1.82) is 0 Å². The Morgan fingerprint density at radius 3 is 2.67 bits per heavy atom. The van der Waals surface area contributed by atoms with Crippen LogP contribution in [-0.2, 0) is 6.54 Å². The molecule has 18 heavy (non-hydrogen) atoms. The van der Waals surface area contributed by atoms with E-state index < -0.39 is 0 Å². The molecule has 2 N–H and O–H groups in total. The van der Waals surface area contributed by atoms with Gasteiger partial charge in [0.25, 0.3) is 0 Å². The fraction of sp³-hybridized carbons (Fsp3) is 0.500. The predicted molar refractivity (Wildman–Crippen MR) is 81.9 cm³/mol. The number of amides is 2. The molecule has 1 aliphatic carbocycles. The third-order valence-corrected chi connectivity index (χ3v) is 4.78. The molecule has 0 heterocycles. The Morgan fingerprint density at radius 1 is 1.22 bits per heavy atom. The molecule has 0 radical (unpaired) electrons. The largest absolute Gasteiger partial charge is 0.334 e. The zero-order valence-electron chi connectivity index (χ0n) is 10.4. The Labute approximate surface area is 122 Å². The summed E-state index contributed by atoms with van der Waals surface area (Å²) in [4.78, 5) is 11.8. The van der Waals surface area contributed by atoms with Crippen molar-refractivity contribution in [3.8, 4) is 0 Å². The molecule has 0 aliphatic heterocycles. The first kappa shape index (κ1) is 13.6. The second-order valence-electron chi connectivity index (χ2n) is 4.72. The van der Waals surface area contributed by atoms with Gasteiger partial charge in [0, 0.05) is 16.5 Å². The number of alkyl halides is 1. The van der Waals surface area contributed by atoms with Gasteiger partial charge in [-0.05, 0) is 18.4 Å². The highest BCUT2D eigenvalue weighted by molar-refractivity contribution is 14.1. The lowest BCUT2D eigenvalue weighted by Gasteiger charge is -2.28. The molecule has 4 heteroatoms. The number of hydrogen-bond donors (Lipinski definition) is 2. The summed E-state index contributed by atoms with van der Waals surface area (Å²) in [6, 6.07) is 10.3. The quantitative estimate of drug-likeness (QED) is 0.632. The Bertz CT molecular complexity index is 383. The summed E-state index contributed by atoms with van der Waals surface area (Å²) in [5.41, 5.74) is 1.13. The summed E-state index contributed by atoms with van der Waals surface area (Å²) in [6.45, 7) is 0.589. The third-order valence-electron chi connectivity index (χ3n) is 3.29. The van der Waals surface area contributed by atoms with Crippen LogP contribution in [-0.4, -0.2) is 16.0 Å². The molecule has 3 nitrogen and oxygen atoms in total. The molecule has 1 aromatic rings. The van der Waals surface area contributed by atoms with E-state index in [2.05, 4.69) is 33.2 Å². The van der Waals surface area contributed by atoms with Crippen LogP contribution in [0.3, 0.4) is 0 Å². The van der Waals surface area contributed by atoms with Crippen LogP contribution in [0.15, 0.2) is 30.3 Å². The Morgan fingerprint density at radius 2 is 1.94 bits per heavy atom. The van der Waals surface area contributed by atoms with Crippen LogP contribution in [0.25, 0.3) is 0 Å². The number of benzene rings is 1. The average molecular weight is 358 g/mol. The summed E-state index contributed by atoms with van der Waals surface area (Å²) in [7, 11) is 0. The third kappa shape index (κ3) is 4.15. The first-order chi connectivity index (χ1) is 8.75. The van der Waals surface area contributed by atoms with Crippen molar-refractivity contribution < 1.29 is 4.79 Å². The summed E-state index contributed by atoms with van der Waals surface area (Å²) >= 11 is 2.45. The number of urea groups is 1. The highest BCUT2D eigenvalue weighted by atomic mass is 127. The van der Waals surface area contributed by atoms with E-state index in [1.54, 1.807) is 0 Å². The van der Waals surface area contributed by atoms with Crippen LogP contribution >= 0.6 is 22.6 Å². The van der Waals surface area contributed by atoms with Gasteiger partial charge in [0.1, 0.15) is 0 Å². The molecule has 1 fully saturated rings. The fourth-order valence-corrected chi connectivity index (χ4v) is 3.23. The predicted octanol–water partition coefficient (Wildman–Crippen LogP) is 3.23. The molecular weight excluding hydrogens is 339 g/mol. The second-order valence-corrected chi connectivity index (χ2v) is 6.32. The van der Waals surface area contributed by atoms with Crippen molar-refractivity contribution in [2.45, 2.75) is 42.2 Å². The van der Waals surface area contributed by atoms with Gasteiger partial charge in [-0.2, -0.15) is 0 Å². The van der Waals surface area contributed by atoms with Crippen molar-refractivity contribution in [2.24, 2.45) is 0 Å². The molecule has 0 spiro atoms. The lowest BCUT2D eigenvalue weighted by Crippen LogP contribution is -2.46. The smallest absolute Gasteiger partial charge is 0.315 e. The highest BCUT2D eigenvalue weighted by Gasteiger charge is 2.23. The zero-order valence-corrected chi connectivity index (χ0v) is 12.5. The SMILES string of the molecule is O=C(NCc1ccccc1)N[C@H]1CCCC[C@@H]1I. The number of rotatable bonds is 3. The minimum absolute atomic E-state index is 0.0487. The molecule has 1 aliphatic rings. The van der Waals surface area contributed by atoms with Gasteiger partial charge in [0.05, 0.1) is 0 Å². The van der Waals surface area contributed by atoms with E-state index in [1.165, 1.54) is 19.3 Å². The van der Waals surface area contributed by atoms with Crippen LogP contribution < -0.4 is 10.6 Å². The highest BCUT2D eigenvalue weighted by Crippen LogP contribution is 2.24. The molecule has 98 valence electrons. The first-order valence-electron chi connectivity index (χ1n) is 6.48. The lowest BCUT2D eigenvalue weighted by molar-refractivity contribution is 0.233. The fourth-order valence-electron chi connectivity index (χ4n) is 2.25. The van der Waals surface area contributed by atoms with Gasteiger partial charge in [0.2, 0.25) is 0 Å². The summed E-state index contributed by atoms with van der Waals surface area (Å²) in [6.07, 6.45) is 4.83. The van der Waals surface area contributed by atoms with Crippen molar-refractivity contribution in [3.05, 3.63) is 35.9 Å². The van der Waals surface area contributed by atoms with E-state index >= 15 is 0 Å².